The molecular weight excluding hydrogens is 330 g/mol. The molecule has 0 aliphatic heterocycles. The van der Waals surface area contributed by atoms with Gasteiger partial charge >= 0.3 is 0 Å². The molecule has 0 saturated heterocycles. The average Bonchev–Trinajstić information content (AvgIpc) is 2.95. The lowest BCUT2D eigenvalue weighted by Gasteiger charge is -2.14. The van der Waals surface area contributed by atoms with Crippen molar-refractivity contribution in [1.82, 2.24) is 5.32 Å². The molecule has 2 aromatic carbocycles. The van der Waals surface area contributed by atoms with E-state index in [9.17, 15) is 9.59 Å². The van der Waals surface area contributed by atoms with Crippen molar-refractivity contribution in [3.05, 3.63) is 58.7 Å². The SMILES string of the molecule is COc1ccccc1CNC(=O)COc1ccc(C)c2c1C(=O)C[C@H]2C. The number of carbonyl (C=O) groups excluding carboxylic acids is 2. The number of carbonyl (C=O) groups is 2. The first-order chi connectivity index (χ1) is 12.5. The molecule has 5 heteroatoms. The number of hydrogen-bond donors (Lipinski definition) is 1. The van der Waals surface area contributed by atoms with Gasteiger partial charge < -0.3 is 14.8 Å². The summed E-state index contributed by atoms with van der Waals surface area (Å²) in [6.07, 6.45) is 0.497. The van der Waals surface area contributed by atoms with Gasteiger partial charge in [0, 0.05) is 18.5 Å². The highest BCUT2D eigenvalue weighted by Gasteiger charge is 2.31. The predicted octanol–water partition coefficient (Wildman–Crippen LogP) is 3.39. The second kappa shape index (κ2) is 7.60. The van der Waals surface area contributed by atoms with Crippen LogP contribution in [0.2, 0.25) is 0 Å². The fourth-order valence-corrected chi connectivity index (χ4v) is 3.47. The molecule has 0 radical (unpaired) electrons. The number of ether oxygens (including phenoxy) is 2. The fraction of sp³-hybridized carbons (Fsp3) is 0.333. The first kappa shape index (κ1) is 18.0. The zero-order chi connectivity index (χ0) is 18.7. The molecule has 3 rings (SSSR count). The van der Waals surface area contributed by atoms with Crippen LogP contribution in [0.15, 0.2) is 36.4 Å². The third-order valence-electron chi connectivity index (χ3n) is 4.72. The van der Waals surface area contributed by atoms with E-state index in [1.54, 1.807) is 13.2 Å². The Morgan fingerprint density at radius 2 is 1.96 bits per heavy atom. The molecule has 26 heavy (non-hydrogen) atoms. The molecule has 1 aliphatic carbocycles. The maximum atomic E-state index is 12.3. The minimum atomic E-state index is -0.247. The predicted molar refractivity (Wildman–Crippen MR) is 98.9 cm³/mol. The molecule has 0 saturated carbocycles. The molecule has 0 unspecified atom stereocenters. The maximum absolute atomic E-state index is 12.3. The highest BCUT2D eigenvalue weighted by molar-refractivity contribution is 6.04. The van der Waals surface area contributed by atoms with Crippen LogP contribution in [0.1, 0.15) is 46.3 Å². The minimum Gasteiger partial charge on any atom is -0.496 e. The summed E-state index contributed by atoms with van der Waals surface area (Å²) in [6, 6.07) is 11.2. The molecule has 0 fully saturated rings. The number of rotatable bonds is 6. The number of aryl methyl sites for hydroxylation is 1. The van der Waals surface area contributed by atoms with Crippen molar-refractivity contribution in [3.8, 4) is 11.5 Å². The van der Waals surface area contributed by atoms with Crippen molar-refractivity contribution in [3.63, 3.8) is 0 Å². The highest BCUT2D eigenvalue weighted by atomic mass is 16.5. The third kappa shape index (κ3) is 3.57. The molecule has 1 atom stereocenters. The molecule has 5 nitrogen and oxygen atoms in total. The van der Waals surface area contributed by atoms with Gasteiger partial charge in [-0.1, -0.05) is 31.2 Å². The normalized spacial score (nSPS) is 15.5. The largest absolute Gasteiger partial charge is 0.496 e. The van der Waals surface area contributed by atoms with Crippen molar-refractivity contribution in [2.45, 2.75) is 32.7 Å². The van der Waals surface area contributed by atoms with Gasteiger partial charge in [-0.25, -0.2) is 0 Å². The topological polar surface area (TPSA) is 64.6 Å². The number of benzene rings is 2. The van der Waals surface area contributed by atoms with Crippen molar-refractivity contribution in [1.29, 1.82) is 0 Å². The number of Topliss-reactive ketones (excluding diaryl/α,β-unsaturated/α-hetero) is 1. The van der Waals surface area contributed by atoms with Gasteiger partial charge in [0.2, 0.25) is 0 Å². The van der Waals surface area contributed by atoms with Gasteiger partial charge in [-0.15, -0.1) is 0 Å². The molecule has 1 aliphatic rings. The Hall–Kier alpha value is -2.82. The van der Waals surface area contributed by atoms with Gasteiger partial charge in [-0.2, -0.15) is 0 Å². The monoisotopic (exact) mass is 353 g/mol. The van der Waals surface area contributed by atoms with Crippen molar-refractivity contribution >= 4 is 11.7 Å². The summed E-state index contributed by atoms with van der Waals surface area (Å²) in [5, 5.41) is 2.81. The summed E-state index contributed by atoms with van der Waals surface area (Å²) in [7, 11) is 1.60. The number of amides is 1. The molecular formula is C21H23NO4. The van der Waals surface area contributed by atoms with Gasteiger partial charge in [0.25, 0.3) is 5.91 Å². The summed E-state index contributed by atoms with van der Waals surface area (Å²) in [5.41, 5.74) is 3.66. The first-order valence-electron chi connectivity index (χ1n) is 8.69. The Labute approximate surface area is 153 Å². The van der Waals surface area contributed by atoms with Crippen molar-refractivity contribution < 1.29 is 19.1 Å². The van der Waals surface area contributed by atoms with Crippen LogP contribution < -0.4 is 14.8 Å². The molecule has 1 amide bonds. The smallest absolute Gasteiger partial charge is 0.258 e. The van der Waals surface area contributed by atoms with Gasteiger partial charge in [-0.05, 0) is 36.1 Å². The number of fused-ring (bicyclic) bond motifs is 1. The van der Waals surface area contributed by atoms with E-state index in [-0.39, 0.29) is 24.2 Å². The molecule has 0 aromatic heterocycles. The lowest BCUT2D eigenvalue weighted by Crippen LogP contribution is -2.28. The summed E-state index contributed by atoms with van der Waals surface area (Å²) in [5.74, 6) is 1.25. The standard InChI is InChI=1S/C21H23NO4/c1-13-8-9-18(21-16(23)10-14(2)20(13)21)26-12-19(24)22-11-15-6-4-5-7-17(15)25-3/h4-9,14H,10-12H2,1-3H3,(H,22,24)/t14-/m1/s1. The molecule has 0 spiro atoms. The molecule has 2 aromatic rings. The van der Waals surface area contributed by atoms with Gasteiger partial charge in [0.1, 0.15) is 11.5 Å². The van der Waals surface area contributed by atoms with E-state index in [4.69, 9.17) is 9.47 Å². The van der Waals surface area contributed by atoms with Crippen LogP contribution in [-0.2, 0) is 11.3 Å². The lowest BCUT2D eigenvalue weighted by molar-refractivity contribution is -0.123. The van der Waals surface area contributed by atoms with Gasteiger partial charge in [0.05, 0.1) is 12.7 Å². The molecule has 136 valence electrons. The summed E-state index contributed by atoms with van der Waals surface area (Å²) in [6.45, 7) is 4.26. The van der Waals surface area contributed by atoms with Crippen molar-refractivity contribution in [2.75, 3.05) is 13.7 Å². The fourth-order valence-electron chi connectivity index (χ4n) is 3.47. The molecule has 0 heterocycles. The highest BCUT2D eigenvalue weighted by Crippen LogP contribution is 2.40. The van der Waals surface area contributed by atoms with Crippen LogP contribution in [0.25, 0.3) is 0 Å². The second-order valence-corrected chi connectivity index (χ2v) is 6.57. The number of ketones is 1. The van der Waals surface area contributed by atoms with Gasteiger partial charge in [-0.3, -0.25) is 9.59 Å². The van der Waals surface area contributed by atoms with Crippen LogP contribution in [0.4, 0.5) is 0 Å². The zero-order valence-corrected chi connectivity index (χ0v) is 15.3. The van der Waals surface area contributed by atoms with Crippen LogP contribution in [-0.4, -0.2) is 25.4 Å². The summed E-state index contributed by atoms with van der Waals surface area (Å²) in [4.78, 5) is 24.4. The van der Waals surface area contributed by atoms with Crippen LogP contribution in [0, 0.1) is 6.92 Å². The number of methoxy groups -OCH3 is 1. The first-order valence-corrected chi connectivity index (χ1v) is 8.69. The Morgan fingerprint density at radius 1 is 1.19 bits per heavy atom. The Morgan fingerprint density at radius 3 is 2.73 bits per heavy atom. The Bertz CT molecular complexity index is 844. The van der Waals surface area contributed by atoms with Crippen LogP contribution in [0.5, 0.6) is 11.5 Å². The van der Waals surface area contributed by atoms with E-state index < -0.39 is 0 Å². The third-order valence-corrected chi connectivity index (χ3v) is 4.72. The Kier molecular flexibility index (Phi) is 5.26. The van der Waals surface area contributed by atoms with Crippen LogP contribution >= 0.6 is 0 Å². The number of nitrogens with one attached hydrogen (secondary N) is 1. The summed E-state index contributed by atoms with van der Waals surface area (Å²) >= 11 is 0. The molecule has 0 bridgehead atoms. The van der Waals surface area contributed by atoms with E-state index in [1.165, 1.54) is 0 Å². The van der Waals surface area contributed by atoms with Crippen molar-refractivity contribution in [2.24, 2.45) is 0 Å². The van der Waals surface area contributed by atoms with E-state index >= 15 is 0 Å². The minimum absolute atomic E-state index is 0.0839. The van der Waals surface area contributed by atoms with E-state index in [0.29, 0.717) is 24.3 Å². The number of hydrogen-bond acceptors (Lipinski definition) is 4. The zero-order valence-electron chi connectivity index (χ0n) is 15.3. The Balaban J connectivity index is 1.63. The van der Waals surface area contributed by atoms with E-state index in [0.717, 1.165) is 22.4 Å². The van der Waals surface area contributed by atoms with Crippen LogP contribution in [0.3, 0.4) is 0 Å². The maximum Gasteiger partial charge on any atom is 0.258 e. The second-order valence-electron chi connectivity index (χ2n) is 6.57. The van der Waals surface area contributed by atoms with E-state index in [1.807, 2.05) is 44.2 Å². The quantitative estimate of drug-likeness (QED) is 0.865. The lowest BCUT2D eigenvalue weighted by atomic mass is 9.97. The van der Waals surface area contributed by atoms with E-state index in [2.05, 4.69) is 5.32 Å². The summed E-state index contributed by atoms with van der Waals surface area (Å²) < 4.78 is 10.9. The number of para-hydroxylation sites is 1. The molecule has 1 N–H and O–H groups in total. The van der Waals surface area contributed by atoms with Gasteiger partial charge in [0.15, 0.2) is 12.4 Å². The average molecular weight is 353 g/mol.